The molecule has 0 spiro atoms. The lowest BCUT2D eigenvalue weighted by molar-refractivity contribution is -0.118. The molecule has 0 bridgehead atoms. The monoisotopic (exact) mass is 420 g/mol. The molecule has 0 unspecified atom stereocenters. The van der Waals surface area contributed by atoms with Crippen LogP contribution in [0.5, 0.6) is 17.2 Å². The summed E-state index contributed by atoms with van der Waals surface area (Å²) in [4.78, 5) is 24.7. The van der Waals surface area contributed by atoms with Crippen LogP contribution in [0.1, 0.15) is 15.9 Å². The molecule has 0 heterocycles. The highest BCUT2D eigenvalue weighted by molar-refractivity contribution is 6.05. The Kier molecular flexibility index (Phi) is 7.11. The molecule has 0 aliphatic carbocycles. The van der Waals surface area contributed by atoms with Crippen molar-refractivity contribution in [3.05, 3.63) is 77.9 Å². The molecule has 3 aromatic rings. The maximum absolute atomic E-state index is 12.5. The van der Waals surface area contributed by atoms with Gasteiger partial charge < -0.3 is 24.8 Å². The molecule has 7 heteroatoms. The third-order valence-corrected chi connectivity index (χ3v) is 4.46. The maximum Gasteiger partial charge on any atom is 0.262 e. The Balaban J connectivity index is 1.56. The quantitative estimate of drug-likeness (QED) is 0.568. The first-order valence-electron chi connectivity index (χ1n) is 9.62. The molecule has 7 nitrogen and oxygen atoms in total. The van der Waals surface area contributed by atoms with Crippen LogP contribution in [0.15, 0.2) is 66.7 Å². The van der Waals surface area contributed by atoms with Crippen molar-refractivity contribution >= 4 is 23.2 Å². The highest BCUT2D eigenvalue weighted by Crippen LogP contribution is 2.28. The van der Waals surface area contributed by atoms with E-state index in [2.05, 4.69) is 10.6 Å². The van der Waals surface area contributed by atoms with Crippen molar-refractivity contribution in [2.45, 2.75) is 6.92 Å². The third-order valence-electron chi connectivity index (χ3n) is 4.46. The lowest BCUT2D eigenvalue weighted by Crippen LogP contribution is -2.20. The van der Waals surface area contributed by atoms with Gasteiger partial charge in [-0.2, -0.15) is 0 Å². The number of hydrogen-bond donors (Lipinski definition) is 2. The number of aryl methyl sites for hydroxylation is 1. The zero-order valence-electron chi connectivity index (χ0n) is 17.6. The summed E-state index contributed by atoms with van der Waals surface area (Å²) < 4.78 is 16.1. The van der Waals surface area contributed by atoms with Gasteiger partial charge in [-0.1, -0.05) is 18.2 Å². The van der Waals surface area contributed by atoms with E-state index in [-0.39, 0.29) is 18.4 Å². The van der Waals surface area contributed by atoms with Crippen molar-refractivity contribution in [2.75, 3.05) is 31.5 Å². The number of para-hydroxylation sites is 2. The van der Waals surface area contributed by atoms with E-state index < -0.39 is 0 Å². The number of nitrogens with one attached hydrogen (secondary N) is 2. The summed E-state index contributed by atoms with van der Waals surface area (Å²) in [5, 5.41) is 5.55. The molecule has 0 aliphatic heterocycles. The molecule has 0 saturated carbocycles. The molecule has 0 atom stereocenters. The van der Waals surface area contributed by atoms with Crippen LogP contribution >= 0.6 is 0 Å². The van der Waals surface area contributed by atoms with Crippen LogP contribution in [0.4, 0.5) is 11.4 Å². The van der Waals surface area contributed by atoms with Crippen molar-refractivity contribution in [3.8, 4) is 17.2 Å². The van der Waals surface area contributed by atoms with Gasteiger partial charge in [-0.25, -0.2) is 0 Å². The highest BCUT2D eigenvalue weighted by atomic mass is 16.5. The molecule has 3 rings (SSSR count). The standard InChI is InChI=1S/C24H24N2O5/c1-16-8-13-21(22(14-16)30-3)31-15-23(27)25-18-11-9-17(10-12-18)24(28)26-19-6-4-5-7-20(19)29-2/h4-14H,15H2,1-3H3,(H,25,27)(H,26,28). The summed E-state index contributed by atoms with van der Waals surface area (Å²) in [7, 11) is 3.09. The van der Waals surface area contributed by atoms with Gasteiger partial charge in [-0.3, -0.25) is 9.59 Å². The lowest BCUT2D eigenvalue weighted by Gasteiger charge is -2.12. The summed E-state index contributed by atoms with van der Waals surface area (Å²) in [6, 6.07) is 19.2. The predicted molar refractivity (Wildman–Crippen MR) is 119 cm³/mol. The summed E-state index contributed by atoms with van der Waals surface area (Å²) in [6.07, 6.45) is 0. The number of ether oxygens (including phenoxy) is 3. The molecule has 0 fully saturated rings. The molecule has 160 valence electrons. The molecule has 0 aliphatic rings. The second kappa shape index (κ2) is 10.2. The largest absolute Gasteiger partial charge is 0.495 e. The number of hydrogen-bond acceptors (Lipinski definition) is 5. The Morgan fingerprint density at radius 3 is 2.23 bits per heavy atom. The van der Waals surface area contributed by atoms with Gasteiger partial charge in [-0.05, 0) is 61.0 Å². The zero-order valence-corrected chi connectivity index (χ0v) is 17.6. The highest BCUT2D eigenvalue weighted by Gasteiger charge is 2.11. The number of amides is 2. The Morgan fingerprint density at radius 2 is 1.52 bits per heavy atom. The fourth-order valence-electron chi connectivity index (χ4n) is 2.88. The second-order valence-electron chi connectivity index (χ2n) is 6.72. The Bertz CT molecular complexity index is 1060. The fraction of sp³-hybridized carbons (Fsp3) is 0.167. The summed E-state index contributed by atoms with van der Waals surface area (Å²) >= 11 is 0. The molecule has 0 saturated heterocycles. The molecule has 2 N–H and O–H groups in total. The van der Waals surface area contributed by atoms with Crippen LogP contribution in [0.2, 0.25) is 0 Å². The van der Waals surface area contributed by atoms with Crippen molar-refractivity contribution in [2.24, 2.45) is 0 Å². The fourth-order valence-corrected chi connectivity index (χ4v) is 2.88. The Hall–Kier alpha value is -4.00. The molecule has 2 amide bonds. The lowest BCUT2D eigenvalue weighted by atomic mass is 10.2. The normalized spacial score (nSPS) is 10.2. The van der Waals surface area contributed by atoms with Gasteiger partial charge in [0.15, 0.2) is 18.1 Å². The Labute approximate surface area is 180 Å². The van der Waals surface area contributed by atoms with Crippen LogP contribution in [-0.4, -0.2) is 32.6 Å². The maximum atomic E-state index is 12.5. The molecule has 0 radical (unpaired) electrons. The van der Waals surface area contributed by atoms with E-state index in [4.69, 9.17) is 14.2 Å². The molecule has 0 aromatic heterocycles. The minimum absolute atomic E-state index is 0.171. The van der Waals surface area contributed by atoms with E-state index >= 15 is 0 Å². The first-order chi connectivity index (χ1) is 15.0. The molecular formula is C24H24N2O5. The predicted octanol–water partition coefficient (Wildman–Crippen LogP) is 4.28. The third kappa shape index (κ3) is 5.76. The van der Waals surface area contributed by atoms with Crippen molar-refractivity contribution in [1.29, 1.82) is 0 Å². The van der Waals surface area contributed by atoms with E-state index in [9.17, 15) is 9.59 Å². The number of methoxy groups -OCH3 is 2. The zero-order chi connectivity index (χ0) is 22.2. The number of carbonyl (C=O) groups excluding carboxylic acids is 2. The van der Waals surface area contributed by atoms with Crippen molar-refractivity contribution < 1.29 is 23.8 Å². The topological polar surface area (TPSA) is 85.9 Å². The van der Waals surface area contributed by atoms with E-state index in [1.165, 1.54) is 0 Å². The minimum atomic E-state index is -0.325. The van der Waals surface area contributed by atoms with E-state index in [1.807, 2.05) is 31.2 Å². The van der Waals surface area contributed by atoms with Crippen molar-refractivity contribution in [1.82, 2.24) is 0 Å². The average Bonchev–Trinajstić information content (AvgIpc) is 2.79. The molecule has 31 heavy (non-hydrogen) atoms. The Morgan fingerprint density at radius 1 is 0.806 bits per heavy atom. The van der Waals surface area contributed by atoms with Crippen LogP contribution in [0.3, 0.4) is 0 Å². The van der Waals surface area contributed by atoms with Gasteiger partial charge in [-0.15, -0.1) is 0 Å². The summed E-state index contributed by atoms with van der Waals surface area (Å²) in [5.41, 5.74) is 2.61. The van der Waals surface area contributed by atoms with E-state index in [1.54, 1.807) is 56.7 Å². The number of anilines is 2. The van der Waals surface area contributed by atoms with E-state index in [0.717, 1.165) is 5.56 Å². The number of carbonyl (C=O) groups is 2. The second-order valence-corrected chi connectivity index (χ2v) is 6.72. The van der Waals surface area contributed by atoms with Gasteiger partial charge >= 0.3 is 0 Å². The molecular weight excluding hydrogens is 396 g/mol. The first kappa shape index (κ1) is 21.7. The van der Waals surface area contributed by atoms with E-state index in [0.29, 0.717) is 34.2 Å². The smallest absolute Gasteiger partial charge is 0.262 e. The van der Waals surface area contributed by atoms with Gasteiger partial charge in [0.1, 0.15) is 5.75 Å². The number of rotatable bonds is 8. The van der Waals surface area contributed by atoms with Crippen LogP contribution in [-0.2, 0) is 4.79 Å². The number of benzene rings is 3. The average molecular weight is 420 g/mol. The molecule has 3 aromatic carbocycles. The van der Waals surface area contributed by atoms with Gasteiger partial charge in [0.05, 0.1) is 19.9 Å². The first-order valence-corrected chi connectivity index (χ1v) is 9.62. The SMILES string of the molecule is COc1ccccc1NC(=O)c1ccc(NC(=O)COc2ccc(C)cc2OC)cc1. The van der Waals surface area contributed by atoms with Crippen LogP contribution < -0.4 is 24.8 Å². The van der Waals surface area contributed by atoms with Gasteiger partial charge in [0.2, 0.25) is 0 Å². The van der Waals surface area contributed by atoms with Crippen LogP contribution in [0, 0.1) is 6.92 Å². The minimum Gasteiger partial charge on any atom is -0.495 e. The summed E-state index contributed by atoms with van der Waals surface area (Å²) in [6.45, 7) is 1.77. The van der Waals surface area contributed by atoms with Gasteiger partial charge in [0.25, 0.3) is 11.8 Å². The van der Waals surface area contributed by atoms with Crippen molar-refractivity contribution in [3.63, 3.8) is 0 Å². The van der Waals surface area contributed by atoms with Crippen LogP contribution in [0.25, 0.3) is 0 Å². The van der Waals surface area contributed by atoms with Gasteiger partial charge in [0, 0.05) is 11.3 Å². The summed E-state index contributed by atoms with van der Waals surface area (Å²) in [5.74, 6) is 1.03.